The van der Waals surface area contributed by atoms with Gasteiger partial charge in [-0.2, -0.15) is 0 Å². The first kappa shape index (κ1) is 53.9. The third kappa shape index (κ3) is 12.9. The average molecular weight is 1060 g/mol. The number of alkyl halides is 1. The number of benzene rings is 2. The molecule has 6 N–H and O–H groups in total. The molecule has 3 saturated heterocycles. The van der Waals surface area contributed by atoms with E-state index in [0.717, 1.165) is 47.9 Å². The van der Waals surface area contributed by atoms with E-state index in [9.17, 15) is 33.5 Å². The predicted molar refractivity (Wildman–Crippen MR) is 279 cm³/mol. The summed E-state index contributed by atoms with van der Waals surface area (Å²) in [6.07, 6.45) is 6.68. The number of aliphatic hydroxyl groups is 1. The topological polar surface area (TPSA) is 225 Å². The minimum Gasteiger partial charge on any atom is -0.493 e. The first-order valence-electron chi connectivity index (χ1n) is 25.0. The number of piperidine rings is 2. The Morgan fingerprint density at radius 2 is 1.77 bits per heavy atom. The lowest BCUT2D eigenvalue weighted by atomic mass is 9.80. The van der Waals surface area contributed by atoms with Crippen LogP contribution in [0.15, 0.2) is 64.2 Å². The highest BCUT2D eigenvalue weighted by Gasteiger charge is 2.53. The van der Waals surface area contributed by atoms with Crippen molar-refractivity contribution in [3.8, 4) is 16.2 Å². The Morgan fingerprint density at radius 1 is 1.03 bits per heavy atom. The second-order valence-corrected chi connectivity index (χ2v) is 23.5. The van der Waals surface area contributed by atoms with Crippen LogP contribution in [0.4, 0.5) is 15.9 Å². The summed E-state index contributed by atoms with van der Waals surface area (Å²) in [5.41, 5.74) is 7.89. The molecule has 5 amide bonds. The van der Waals surface area contributed by atoms with Crippen molar-refractivity contribution in [3.05, 3.63) is 70.6 Å². The summed E-state index contributed by atoms with van der Waals surface area (Å²) in [5, 5.41) is 19.9. The van der Waals surface area contributed by atoms with E-state index in [0.29, 0.717) is 77.4 Å². The summed E-state index contributed by atoms with van der Waals surface area (Å²) < 4.78 is 21.1. The van der Waals surface area contributed by atoms with Gasteiger partial charge in [0.15, 0.2) is 5.67 Å². The Kier molecular flexibility index (Phi) is 16.7. The van der Waals surface area contributed by atoms with E-state index in [-0.39, 0.29) is 43.7 Å². The quantitative estimate of drug-likeness (QED) is 0.0754. The summed E-state index contributed by atoms with van der Waals surface area (Å²) in [6, 6.07) is 8.84. The first-order valence-corrected chi connectivity index (χ1v) is 27.1. The van der Waals surface area contributed by atoms with Gasteiger partial charge in [-0.25, -0.2) is 19.3 Å². The van der Waals surface area contributed by atoms with Crippen molar-refractivity contribution in [1.82, 2.24) is 35.4 Å². The van der Waals surface area contributed by atoms with Gasteiger partial charge in [-0.05, 0) is 98.9 Å². The van der Waals surface area contributed by atoms with Gasteiger partial charge in [-0.3, -0.25) is 24.0 Å². The number of carbonyl (C=O) groups excluding carboxylic acids is 5. The average Bonchev–Trinajstić information content (AvgIpc) is 3.78. The molecule has 2 aromatic heterocycles. The van der Waals surface area contributed by atoms with Gasteiger partial charge < -0.3 is 46.2 Å². The molecule has 0 bridgehead atoms. The molecular formula is C52H66ClFN10O7S2. The third-order valence-corrected chi connectivity index (χ3v) is 17.1. The zero-order valence-electron chi connectivity index (χ0n) is 42.0. The van der Waals surface area contributed by atoms with Crippen LogP contribution in [0.1, 0.15) is 90.3 Å². The normalized spacial score (nSPS) is 20.0. The number of aliphatic hydroxyl groups excluding tert-OH is 1. The van der Waals surface area contributed by atoms with E-state index in [2.05, 4.69) is 42.7 Å². The number of aromatic nitrogens is 3. The Balaban J connectivity index is 0.832. The summed E-state index contributed by atoms with van der Waals surface area (Å²) in [4.78, 5) is 87.7. The van der Waals surface area contributed by atoms with Crippen molar-refractivity contribution in [2.75, 3.05) is 56.1 Å². The number of ether oxygens (including phenoxy) is 1. The van der Waals surface area contributed by atoms with Crippen LogP contribution in [-0.4, -0.2) is 129 Å². The van der Waals surface area contributed by atoms with Crippen molar-refractivity contribution in [2.24, 2.45) is 22.5 Å². The van der Waals surface area contributed by atoms with Gasteiger partial charge in [0.25, 0.3) is 5.91 Å². The maximum atomic E-state index is 14.7. The fourth-order valence-corrected chi connectivity index (χ4v) is 11.3. The lowest BCUT2D eigenvalue weighted by Crippen LogP contribution is -2.59. The van der Waals surface area contributed by atoms with E-state index in [4.69, 9.17) is 22.1 Å². The minimum atomic E-state index is -1.99. The fraction of sp³-hybridized carbons (Fsp3) is 0.538. The molecule has 21 heteroatoms. The molecule has 4 aromatic rings. The van der Waals surface area contributed by atoms with Gasteiger partial charge in [-0.1, -0.05) is 69.3 Å². The SMILES string of the molecule is Cc1ncsc1-c1ccc(CNC(=O)[C@@H]2C[C@@H](O)CN2C(=O)[C@@H](NC(=O)C2(F)CC2)C(C)(C)C)c(OCCC2CCN(C(=O)C(=O)Nc3cccc(Sc4cnc(N5CCC(C)(CN)CC5)cn4)c3Cl)CC2)c1. The number of amides is 5. The predicted octanol–water partition coefficient (Wildman–Crippen LogP) is 6.54. The second kappa shape index (κ2) is 22.6. The summed E-state index contributed by atoms with van der Waals surface area (Å²) in [6.45, 7) is 12.9. The molecule has 1 saturated carbocycles. The van der Waals surface area contributed by atoms with Crippen LogP contribution in [0.2, 0.25) is 5.02 Å². The van der Waals surface area contributed by atoms with Crippen molar-refractivity contribution in [2.45, 2.75) is 126 Å². The number of nitrogens with two attached hydrogens (primary N) is 1. The van der Waals surface area contributed by atoms with Gasteiger partial charge in [0, 0.05) is 56.1 Å². The standard InChI is InChI=1S/C52H66ClFN10O7S2/c1-31-43(72-30-59-31)33-9-10-34(25-58-45(66)37-24-35(65)28-64(37)47(68)44(50(2,3)4)61-49(70)52(54)14-15-52)38(23-33)71-22-13-32-11-18-63(19-12-32)48(69)46(67)60-36-7-6-8-39(42(36)53)73-41-27-56-40(26-57-41)62-20-16-51(5,29-55)17-21-62/h6-10,23,26-27,30,32,35,37,44,65H,11-22,24-25,28-29,55H2,1-5H3,(H,58,66)(H,60,67)(H,61,70)/t35-,37+,44-/m1/s1. The fourth-order valence-electron chi connectivity index (χ4n) is 9.46. The molecule has 3 aliphatic heterocycles. The molecule has 0 radical (unpaired) electrons. The molecule has 0 spiro atoms. The Bertz CT molecular complexity index is 2670. The maximum absolute atomic E-state index is 14.7. The molecule has 5 heterocycles. The van der Waals surface area contributed by atoms with Crippen molar-refractivity contribution >= 4 is 75.7 Å². The number of anilines is 2. The smallest absolute Gasteiger partial charge is 0.313 e. The molecule has 4 fully saturated rings. The number of rotatable bonds is 16. The van der Waals surface area contributed by atoms with Crippen molar-refractivity contribution in [3.63, 3.8) is 0 Å². The summed E-state index contributed by atoms with van der Waals surface area (Å²) in [5.74, 6) is -1.72. The van der Waals surface area contributed by atoms with Gasteiger partial charge in [0.1, 0.15) is 28.7 Å². The molecule has 392 valence electrons. The highest BCUT2D eigenvalue weighted by Crippen LogP contribution is 2.41. The number of nitrogens with zero attached hydrogens (tertiary/aromatic N) is 6. The summed E-state index contributed by atoms with van der Waals surface area (Å²) in [7, 11) is 0. The zero-order chi connectivity index (χ0) is 52.2. The summed E-state index contributed by atoms with van der Waals surface area (Å²) >= 11 is 9.59. The lowest BCUT2D eigenvalue weighted by molar-refractivity contribution is -0.145. The van der Waals surface area contributed by atoms with E-state index < -0.39 is 58.8 Å². The minimum absolute atomic E-state index is 0.00136. The Hall–Kier alpha value is -5.41. The molecule has 4 aliphatic rings. The monoisotopic (exact) mass is 1060 g/mol. The number of hydrogen-bond donors (Lipinski definition) is 5. The maximum Gasteiger partial charge on any atom is 0.313 e. The molecule has 73 heavy (non-hydrogen) atoms. The molecule has 1 aliphatic carbocycles. The molecule has 2 aromatic carbocycles. The van der Waals surface area contributed by atoms with Crippen LogP contribution in [0.3, 0.4) is 0 Å². The van der Waals surface area contributed by atoms with Crippen molar-refractivity contribution < 1.29 is 38.2 Å². The molecule has 8 rings (SSSR count). The van der Waals surface area contributed by atoms with Crippen LogP contribution in [0.5, 0.6) is 5.75 Å². The van der Waals surface area contributed by atoms with Gasteiger partial charge in [-0.15, -0.1) is 11.3 Å². The van der Waals surface area contributed by atoms with Gasteiger partial charge in [0.05, 0.1) is 51.9 Å². The first-order chi connectivity index (χ1) is 34.7. The highest BCUT2D eigenvalue weighted by atomic mass is 35.5. The molecular weight excluding hydrogens is 995 g/mol. The molecule has 3 atom stereocenters. The van der Waals surface area contributed by atoms with Crippen LogP contribution in [-0.2, 0) is 30.5 Å². The third-order valence-electron chi connectivity index (χ3n) is 14.6. The largest absolute Gasteiger partial charge is 0.493 e. The van der Waals surface area contributed by atoms with Gasteiger partial charge in [0.2, 0.25) is 11.8 Å². The van der Waals surface area contributed by atoms with Crippen LogP contribution in [0.25, 0.3) is 10.4 Å². The number of likely N-dealkylation sites (tertiary alicyclic amines) is 2. The lowest BCUT2D eigenvalue weighted by Gasteiger charge is -2.39. The number of nitrogens with one attached hydrogen (secondary N) is 3. The number of β-amino-alcohol motifs (C(OH)–C–C–N with tert-alkyl or cyclic N) is 1. The molecule has 17 nitrogen and oxygen atoms in total. The van der Waals surface area contributed by atoms with E-state index >= 15 is 0 Å². The van der Waals surface area contributed by atoms with E-state index in [1.807, 2.05) is 31.2 Å². The van der Waals surface area contributed by atoms with Crippen LogP contribution < -0.4 is 31.3 Å². The number of halogens is 2. The van der Waals surface area contributed by atoms with Gasteiger partial charge >= 0.3 is 11.8 Å². The Labute approximate surface area is 438 Å². The number of aryl methyl sites for hydroxylation is 1. The van der Waals surface area contributed by atoms with Crippen LogP contribution >= 0.6 is 34.7 Å². The number of thiazole rings is 1. The second-order valence-electron chi connectivity index (χ2n) is 21.2. The Morgan fingerprint density at radius 3 is 2.41 bits per heavy atom. The van der Waals surface area contributed by atoms with Crippen LogP contribution in [0, 0.1) is 23.7 Å². The van der Waals surface area contributed by atoms with E-state index in [1.165, 1.54) is 28.0 Å². The van der Waals surface area contributed by atoms with E-state index in [1.54, 1.807) is 55.7 Å². The zero-order valence-corrected chi connectivity index (χ0v) is 44.4. The number of hydrogen-bond acceptors (Lipinski definition) is 14. The highest BCUT2D eigenvalue weighted by molar-refractivity contribution is 7.99. The number of carbonyl (C=O) groups is 5. The van der Waals surface area contributed by atoms with Crippen molar-refractivity contribution in [1.29, 1.82) is 0 Å². The molecule has 0 unspecified atom stereocenters.